The minimum absolute atomic E-state index is 0.0664. The molecular formula is C17H22N2O3S. The Kier molecular flexibility index (Phi) is 5.13. The molecule has 1 fully saturated rings. The van der Waals surface area contributed by atoms with E-state index in [0.717, 1.165) is 24.8 Å². The summed E-state index contributed by atoms with van der Waals surface area (Å²) in [5, 5.41) is 3.59. The van der Waals surface area contributed by atoms with Gasteiger partial charge in [-0.1, -0.05) is 41.9 Å². The van der Waals surface area contributed by atoms with Crippen molar-refractivity contribution in [2.45, 2.75) is 31.6 Å². The standard InChI is InChI=1S/C17H22N2O3S/c20-23(21,10-9-14-11-18-22-13-14)19-12-16-7-4-8-17(16)15-5-2-1-3-6-15/h1-3,5-6,11,13,16-17,19H,4,7-10,12H2. The van der Waals surface area contributed by atoms with Gasteiger partial charge in [-0.2, -0.15) is 0 Å². The fraction of sp³-hybridized carbons (Fsp3) is 0.471. The number of aromatic nitrogens is 1. The lowest BCUT2D eigenvalue weighted by Crippen LogP contribution is -2.32. The maximum Gasteiger partial charge on any atom is 0.211 e. The summed E-state index contributed by atoms with van der Waals surface area (Å²) < 4.78 is 31.8. The van der Waals surface area contributed by atoms with Crippen LogP contribution < -0.4 is 4.72 Å². The van der Waals surface area contributed by atoms with Gasteiger partial charge in [0.15, 0.2) is 0 Å². The van der Waals surface area contributed by atoms with E-state index in [1.807, 2.05) is 18.2 Å². The highest BCUT2D eigenvalue weighted by Gasteiger charge is 2.29. The van der Waals surface area contributed by atoms with E-state index in [0.29, 0.717) is 24.8 Å². The Morgan fingerprint density at radius 3 is 2.78 bits per heavy atom. The predicted octanol–water partition coefficient (Wildman–Crippen LogP) is 2.72. The Morgan fingerprint density at radius 1 is 1.22 bits per heavy atom. The van der Waals surface area contributed by atoms with Crippen LogP contribution in [0, 0.1) is 5.92 Å². The lowest BCUT2D eigenvalue weighted by molar-refractivity contribution is 0.419. The first-order valence-electron chi connectivity index (χ1n) is 8.04. The molecule has 0 bridgehead atoms. The van der Waals surface area contributed by atoms with Crippen molar-refractivity contribution in [1.82, 2.24) is 9.88 Å². The van der Waals surface area contributed by atoms with Crippen molar-refractivity contribution < 1.29 is 12.9 Å². The van der Waals surface area contributed by atoms with Crippen LogP contribution in [0.4, 0.5) is 0 Å². The zero-order chi connectivity index (χ0) is 16.1. The van der Waals surface area contributed by atoms with Crippen LogP contribution in [0.25, 0.3) is 0 Å². The molecule has 1 aromatic carbocycles. The Labute approximate surface area is 137 Å². The monoisotopic (exact) mass is 334 g/mol. The summed E-state index contributed by atoms with van der Waals surface area (Å²) in [6, 6.07) is 10.4. The first kappa shape index (κ1) is 16.2. The van der Waals surface area contributed by atoms with Crippen molar-refractivity contribution in [1.29, 1.82) is 0 Å². The summed E-state index contributed by atoms with van der Waals surface area (Å²) in [6.07, 6.45) is 6.83. The molecule has 2 unspecified atom stereocenters. The molecule has 1 heterocycles. The number of sulfonamides is 1. The third-order valence-corrected chi connectivity index (χ3v) is 5.94. The molecule has 2 aromatic rings. The highest BCUT2D eigenvalue weighted by molar-refractivity contribution is 7.89. The molecular weight excluding hydrogens is 312 g/mol. The maximum atomic E-state index is 12.2. The molecule has 3 rings (SSSR count). The zero-order valence-electron chi connectivity index (χ0n) is 13.0. The second-order valence-corrected chi connectivity index (χ2v) is 8.08. The predicted molar refractivity (Wildman–Crippen MR) is 88.5 cm³/mol. The van der Waals surface area contributed by atoms with Crippen LogP contribution in [0.3, 0.4) is 0 Å². The first-order valence-corrected chi connectivity index (χ1v) is 9.70. The van der Waals surface area contributed by atoms with E-state index in [4.69, 9.17) is 4.52 Å². The average Bonchev–Trinajstić information content (AvgIpc) is 3.23. The Morgan fingerprint density at radius 2 is 2.04 bits per heavy atom. The van der Waals surface area contributed by atoms with Crippen molar-refractivity contribution in [3.63, 3.8) is 0 Å². The van der Waals surface area contributed by atoms with Gasteiger partial charge in [-0.3, -0.25) is 0 Å². The van der Waals surface area contributed by atoms with Crippen molar-refractivity contribution >= 4 is 10.0 Å². The van der Waals surface area contributed by atoms with Gasteiger partial charge in [0.2, 0.25) is 10.0 Å². The highest BCUT2D eigenvalue weighted by Crippen LogP contribution is 2.39. The van der Waals surface area contributed by atoms with Gasteiger partial charge in [-0.15, -0.1) is 0 Å². The molecule has 5 nitrogen and oxygen atoms in total. The van der Waals surface area contributed by atoms with E-state index in [-0.39, 0.29) is 5.75 Å². The van der Waals surface area contributed by atoms with Gasteiger partial charge in [-0.25, -0.2) is 13.1 Å². The molecule has 23 heavy (non-hydrogen) atoms. The average molecular weight is 334 g/mol. The quantitative estimate of drug-likeness (QED) is 0.845. The van der Waals surface area contributed by atoms with Gasteiger partial charge in [0.25, 0.3) is 0 Å². The van der Waals surface area contributed by atoms with E-state index >= 15 is 0 Å². The van der Waals surface area contributed by atoms with Gasteiger partial charge in [0.05, 0.1) is 11.9 Å². The number of rotatable bonds is 7. The van der Waals surface area contributed by atoms with Gasteiger partial charge >= 0.3 is 0 Å². The number of nitrogens with zero attached hydrogens (tertiary/aromatic N) is 1. The van der Waals surface area contributed by atoms with Crippen LogP contribution >= 0.6 is 0 Å². The minimum atomic E-state index is -3.27. The summed E-state index contributed by atoms with van der Waals surface area (Å²) >= 11 is 0. The molecule has 0 spiro atoms. The molecule has 0 aliphatic heterocycles. The van der Waals surface area contributed by atoms with Gasteiger partial charge < -0.3 is 4.52 Å². The van der Waals surface area contributed by atoms with Crippen molar-refractivity contribution in [2.75, 3.05) is 12.3 Å². The van der Waals surface area contributed by atoms with Crippen molar-refractivity contribution in [2.24, 2.45) is 5.92 Å². The normalized spacial score (nSPS) is 21.6. The Balaban J connectivity index is 1.54. The zero-order valence-corrected chi connectivity index (χ0v) is 13.8. The van der Waals surface area contributed by atoms with E-state index in [9.17, 15) is 8.42 Å². The smallest absolute Gasteiger partial charge is 0.211 e. The molecule has 1 aliphatic carbocycles. The second kappa shape index (κ2) is 7.27. The van der Waals surface area contributed by atoms with Crippen LogP contribution in [-0.4, -0.2) is 25.9 Å². The number of hydrogen-bond donors (Lipinski definition) is 1. The number of benzene rings is 1. The van der Waals surface area contributed by atoms with Crippen LogP contribution in [0.1, 0.15) is 36.3 Å². The summed E-state index contributed by atoms with van der Waals surface area (Å²) in [4.78, 5) is 0. The highest BCUT2D eigenvalue weighted by atomic mass is 32.2. The fourth-order valence-electron chi connectivity index (χ4n) is 3.33. The van der Waals surface area contributed by atoms with Crippen LogP contribution in [0.2, 0.25) is 0 Å². The molecule has 0 saturated heterocycles. The third-order valence-electron chi connectivity index (χ3n) is 4.60. The molecule has 6 heteroatoms. The molecule has 1 aliphatic rings. The minimum Gasteiger partial charge on any atom is -0.364 e. The largest absolute Gasteiger partial charge is 0.364 e. The van der Waals surface area contributed by atoms with Crippen LogP contribution in [0.15, 0.2) is 47.3 Å². The molecule has 124 valence electrons. The molecule has 0 amide bonds. The van der Waals surface area contributed by atoms with E-state index in [1.54, 1.807) is 6.20 Å². The summed E-state index contributed by atoms with van der Waals surface area (Å²) in [5.41, 5.74) is 2.12. The van der Waals surface area contributed by atoms with Crippen molar-refractivity contribution in [3.05, 3.63) is 53.9 Å². The molecule has 2 atom stereocenters. The Hall–Kier alpha value is -1.66. The summed E-state index contributed by atoms with van der Waals surface area (Å²) in [6.45, 7) is 0.519. The number of hydrogen-bond acceptors (Lipinski definition) is 4. The Bertz CT molecular complexity index is 699. The van der Waals surface area contributed by atoms with E-state index in [1.165, 1.54) is 11.8 Å². The molecule has 1 N–H and O–H groups in total. The molecule has 1 saturated carbocycles. The second-order valence-electron chi connectivity index (χ2n) is 6.16. The lowest BCUT2D eigenvalue weighted by Gasteiger charge is -2.20. The van der Waals surface area contributed by atoms with Crippen LogP contribution in [0.5, 0.6) is 0 Å². The van der Waals surface area contributed by atoms with Gasteiger partial charge in [0.1, 0.15) is 6.26 Å². The topological polar surface area (TPSA) is 72.2 Å². The molecule has 0 radical (unpaired) electrons. The fourth-order valence-corrected chi connectivity index (χ4v) is 4.45. The number of aryl methyl sites for hydroxylation is 1. The first-order chi connectivity index (χ1) is 11.1. The SMILES string of the molecule is O=S(=O)(CCc1cnoc1)NCC1CCCC1c1ccccc1. The van der Waals surface area contributed by atoms with Crippen LogP contribution in [-0.2, 0) is 16.4 Å². The summed E-state index contributed by atoms with van der Waals surface area (Å²) in [7, 11) is -3.27. The third kappa shape index (κ3) is 4.42. The van der Waals surface area contributed by atoms with Gasteiger partial charge in [-0.05, 0) is 36.7 Å². The maximum absolute atomic E-state index is 12.2. The van der Waals surface area contributed by atoms with Gasteiger partial charge in [0, 0.05) is 12.1 Å². The van der Waals surface area contributed by atoms with E-state index in [2.05, 4.69) is 22.0 Å². The summed E-state index contributed by atoms with van der Waals surface area (Å²) in [5.74, 6) is 0.899. The lowest BCUT2D eigenvalue weighted by atomic mass is 9.89. The van der Waals surface area contributed by atoms with E-state index < -0.39 is 10.0 Å². The van der Waals surface area contributed by atoms with Crippen molar-refractivity contribution in [3.8, 4) is 0 Å². The molecule has 1 aromatic heterocycles. The number of nitrogens with one attached hydrogen (secondary N) is 1.